The minimum absolute atomic E-state index is 0.146. The maximum atomic E-state index is 13.3. The maximum absolute atomic E-state index is 13.3. The van der Waals surface area contributed by atoms with Crippen LogP contribution in [0.15, 0.2) is 46.0 Å². The molecule has 1 aliphatic carbocycles. The number of aryl methyl sites for hydroxylation is 1. The van der Waals surface area contributed by atoms with Crippen molar-refractivity contribution in [1.29, 1.82) is 0 Å². The van der Waals surface area contributed by atoms with Crippen molar-refractivity contribution in [3.8, 4) is 0 Å². The predicted octanol–water partition coefficient (Wildman–Crippen LogP) is 3.86. The number of hydrogen-bond donors (Lipinski definition) is 0. The molecule has 3 heterocycles. The van der Waals surface area contributed by atoms with E-state index in [0.29, 0.717) is 23.9 Å². The maximum Gasteiger partial charge on any atom is 0.243 e. The fourth-order valence-electron chi connectivity index (χ4n) is 5.26. The van der Waals surface area contributed by atoms with Gasteiger partial charge < -0.3 is 4.90 Å². The second-order valence-electron chi connectivity index (χ2n) is 8.98. The number of carbonyl (C=O) groups excluding carboxylic acids is 1. The topological polar surface area (TPSA) is 57.7 Å². The van der Waals surface area contributed by atoms with Gasteiger partial charge in [0, 0.05) is 43.4 Å². The van der Waals surface area contributed by atoms with Gasteiger partial charge >= 0.3 is 0 Å². The van der Waals surface area contributed by atoms with E-state index in [1.165, 1.54) is 5.56 Å². The molecule has 7 heteroatoms. The first-order chi connectivity index (χ1) is 14.4. The van der Waals surface area contributed by atoms with Crippen molar-refractivity contribution in [2.75, 3.05) is 19.6 Å². The molecule has 0 bridgehead atoms. The average molecular weight is 445 g/mol. The molecule has 1 saturated carbocycles. The Balaban J connectivity index is 1.42. The lowest BCUT2D eigenvalue weighted by Crippen LogP contribution is -2.51. The van der Waals surface area contributed by atoms with E-state index in [4.69, 9.17) is 0 Å². The Kier molecular flexibility index (Phi) is 5.24. The zero-order chi connectivity index (χ0) is 20.9. The monoisotopic (exact) mass is 444 g/mol. The van der Waals surface area contributed by atoms with E-state index in [-0.39, 0.29) is 23.8 Å². The number of nitrogens with zero attached hydrogens (tertiary/aromatic N) is 2. The summed E-state index contributed by atoms with van der Waals surface area (Å²) in [5.74, 6) is 0.837. The normalized spacial score (nSPS) is 27.6. The highest BCUT2D eigenvalue weighted by Crippen LogP contribution is 2.44. The van der Waals surface area contributed by atoms with E-state index in [0.717, 1.165) is 37.8 Å². The summed E-state index contributed by atoms with van der Waals surface area (Å²) in [4.78, 5) is 15.6. The molecular formula is C23H28N2O3S2. The summed E-state index contributed by atoms with van der Waals surface area (Å²) in [5.41, 5.74) is 2.29. The van der Waals surface area contributed by atoms with E-state index < -0.39 is 10.0 Å². The molecule has 30 heavy (non-hydrogen) atoms. The highest BCUT2D eigenvalue weighted by Gasteiger charge is 2.50. The van der Waals surface area contributed by atoms with Crippen LogP contribution in [0.25, 0.3) is 0 Å². The van der Waals surface area contributed by atoms with Gasteiger partial charge in [0.25, 0.3) is 0 Å². The second-order valence-corrected chi connectivity index (χ2v) is 11.7. The van der Waals surface area contributed by atoms with Crippen LogP contribution in [0.5, 0.6) is 0 Å². The second kappa shape index (κ2) is 7.77. The number of sulfonamides is 1. The molecule has 0 unspecified atom stereocenters. The molecule has 0 N–H and O–H groups in total. The molecule has 2 saturated heterocycles. The first kappa shape index (κ1) is 20.2. The quantitative estimate of drug-likeness (QED) is 0.720. The van der Waals surface area contributed by atoms with Crippen molar-refractivity contribution in [1.82, 2.24) is 9.21 Å². The fraction of sp³-hybridized carbons (Fsp3) is 0.522. The fourth-order valence-corrected chi connectivity index (χ4v) is 7.48. The van der Waals surface area contributed by atoms with Crippen molar-refractivity contribution in [2.45, 2.75) is 49.5 Å². The van der Waals surface area contributed by atoms with Crippen molar-refractivity contribution >= 4 is 27.3 Å². The number of hydrogen-bond acceptors (Lipinski definition) is 4. The Labute approximate surface area is 182 Å². The van der Waals surface area contributed by atoms with E-state index in [9.17, 15) is 13.2 Å². The molecule has 0 spiro atoms. The van der Waals surface area contributed by atoms with Crippen LogP contribution in [0.4, 0.5) is 0 Å². The molecular weight excluding hydrogens is 416 g/mol. The Hall–Kier alpha value is -1.70. The molecule has 1 aromatic heterocycles. The van der Waals surface area contributed by atoms with Crippen LogP contribution in [-0.2, 0) is 14.8 Å². The first-order valence-corrected chi connectivity index (χ1v) is 13.2. The summed E-state index contributed by atoms with van der Waals surface area (Å²) in [6, 6.07) is 9.39. The van der Waals surface area contributed by atoms with E-state index >= 15 is 0 Å². The first-order valence-electron chi connectivity index (χ1n) is 10.8. The van der Waals surface area contributed by atoms with Gasteiger partial charge in [-0.1, -0.05) is 24.1 Å². The molecule has 0 radical (unpaired) electrons. The molecule has 2 aromatic rings. The Morgan fingerprint density at radius 1 is 1.07 bits per heavy atom. The zero-order valence-electron chi connectivity index (χ0n) is 17.2. The summed E-state index contributed by atoms with van der Waals surface area (Å²) < 4.78 is 28.3. The molecule has 2 aliphatic heterocycles. The minimum atomic E-state index is -3.52. The Bertz CT molecular complexity index is 1010. The lowest BCUT2D eigenvalue weighted by atomic mass is 9.82. The zero-order valence-corrected chi connectivity index (χ0v) is 18.9. The van der Waals surface area contributed by atoms with Crippen LogP contribution in [-0.4, -0.2) is 49.2 Å². The number of benzene rings is 1. The third-order valence-corrected chi connectivity index (χ3v) is 9.84. The third-order valence-electron chi connectivity index (χ3n) is 7.26. The molecule has 5 nitrogen and oxygen atoms in total. The Morgan fingerprint density at radius 3 is 2.47 bits per heavy atom. The van der Waals surface area contributed by atoms with Gasteiger partial charge in [0.2, 0.25) is 15.9 Å². The summed E-state index contributed by atoms with van der Waals surface area (Å²) in [5, 5.41) is 4.23. The van der Waals surface area contributed by atoms with Crippen LogP contribution < -0.4 is 0 Å². The highest BCUT2D eigenvalue weighted by atomic mass is 32.2. The number of likely N-dealkylation sites (tertiary alicyclic amines) is 1. The number of rotatable bonds is 4. The van der Waals surface area contributed by atoms with Gasteiger partial charge in [-0.25, -0.2) is 8.42 Å². The van der Waals surface area contributed by atoms with Crippen molar-refractivity contribution in [3.63, 3.8) is 0 Å². The molecule has 3 fully saturated rings. The van der Waals surface area contributed by atoms with Crippen LogP contribution >= 0.6 is 11.3 Å². The van der Waals surface area contributed by atoms with Crippen molar-refractivity contribution in [3.05, 3.63) is 52.2 Å². The minimum Gasteiger partial charge on any atom is -0.338 e. The van der Waals surface area contributed by atoms with E-state index in [2.05, 4.69) is 21.7 Å². The van der Waals surface area contributed by atoms with Crippen molar-refractivity contribution < 1.29 is 13.2 Å². The largest absolute Gasteiger partial charge is 0.338 e. The summed E-state index contributed by atoms with van der Waals surface area (Å²) in [6.45, 7) is 3.64. The number of piperidine rings is 1. The van der Waals surface area contributed by atoms with Crippen LogP contribution in [0.3, 0.4) is 0 Å². The van der Waals surface area contributed by atoms with Crippen molar-refractivity contribution in [2.24, 2.45) is 11.8 Å². The van der Waals surface area contributed by atoms with E-state index in [1.54, 1.807) is 27.8 Å². The molecule has 3 atom stereocenters. The molecule has 1 amide bonds. The number of carbonyl (C=O) groups is 1. The molecule has 3 aliphatic rings. The van der Waals surface area contributed by atoms with Gasteiger partial charge in [-0.05, 0) is 60.7 Å². The SMILES string of the molecule is Cc1ccc(S(=O)(=O)N2CC[C@H]3[C@@H](C2)[C@H](c2ccsc2)CN3C(=O)C2CCC2)cc1. The standard InChI is InChI=1S/C23H28N2O3S2/c1-16-5-7-19(8-6-16)30(27,28)24-11-9-22-21(13-24)20(18-10-12-29-15-18)14-25(22)23(26)17-3-2-4-17/h5-8,10,12,15,17,20-22H,2-4,9,11,13-14H2,1H3/t20-,21-,22-/m0/s1. The van der Waals surface area contributed by atoms with Gasteiger partial charge in [-0.3, -0.25) is 4.79 Å². The molecule has 160 valence electrons. The van der Waals surface area contributed by atoms with Crippen LogP contribution in [0.1, 0.15) is 42.7 Å². The average Bonchev–Trinajstić information content (AvgIpc) is 3.34. The summed E-state index contributed by atoms with van der Waals surface area (Å²) in [6.07, 6.45) is 3.87. The van der Waals surface area contributed by atoms with Crippen LogP contribution in [0, 0.1) is 18.8 Å². The smallest absolute Gasteiger partial charge is 0.243 e. The lowest BCUT2D eigenvalue weighted by molar-refractivity contribution is -0.139. The van der Waals surface area contributed by atoms with Gasteiger partial charge in [-0.15, -0.1) is 0 Å². The number of thiophene rings is 1. The highest BCUT2D eigenvalue weighted by molar-refractivity contribution is 7.89. The molecule has 1 aromatic carbocycles. The van der Waals surface area contributed by atoms with Gasteiger partial charge in [0.1, 0.15) is 0 Å². The van der Waals surface area contributed by atoms with E-state index in [1.807, 2.05) is 19.1 Å². The Morgan fingerprint density at radius 2 is 1.83 bits per heavy atom. The third kappa shape index (κ3) is 3.41. The van der Waals surface area contributed by atoms with Gasteiger partial charge in [-0.2, -0.15) is 15.6 Å². The number of amides is 1. The lowest BCUT2D eigenvalue weighted by Gasteiger charge is -2.39. The number of fused-ring (bicyclic) bond motifs is 1. The van der Waals surface area contributed by atoms with Gasteiger partial charge in [0.05, 0.1) is 4.90 Å². The molecule has 5 rings (SSSR count). The summed E-state index contributed by atoms with van der Waals surface area (Å²) in [7, 11) is -3.52. The van der Waals surface area contributed by atoms with Gasteiger partial charge in [0.15, 0.2) is 0 Å². The summed E-state index contributed by atoms with van der Waals surface area (Å²) >= 11 is 1.67. The predicted molar refractivity (Wildman–Crippen MR) is 118 cm³/mol. The van der Waals surface area contributed by atoms with Crippen LogP contribution in [0.2, 0.25) is 0 Å².